The Morgan fingerprint density at radius 2 is 1.96 bits per heavy atom. The van der Waals surface area contributed by atoms with Crippen LogP contribution < -0.4 is 10.6 Å². The predicted molar refractivity (Wildman–Crippen MR) is 101 cm³/mol. The first-order valence-corrected chi connectivity index (χ1v) is 8.63. The van der Waals surface area contributed by atoms with Crippen molar-refractivity contribution in [2.75, 3.05) is 18.0 Å². The van der Waals surface area contributed by atoms with Gasteiger partial charge in [0.2, 0.25) is 5.91 Å². The van der Waals surface area contributed by atoms with E-state index >= 15 is 0 Å². The van der Waals surface area contributed by atoms with E-state index in [-0.39, 0.29) is 0 Å². The Bertz CT molecular complexity index is 937. The summed E-state index contributed by atoms with van der Waals surface area (Å²) in [6.07, 6.45) is 1.13. The van der Waals surface area contributed by atoms with Crippen LogP contribution in [0.25, 0.3) is 10.9 Å². The summed E-state index contributed by atoms with van der Waals surface area (Å²) in [6.45, 7) is 3.98. The topological polar surface area (TPSA) is 59.2 Å². The Kier molecular flexibility index (Phi) is 3.88. The Hall–Kier alpha value is -2.88. The number of nitrogens with two attached hydrogens (primary N) is 1. The third-order valence-corrected chi connectivity index (χ3v) is 5.00. The van der Waals surface area contributed by atoms with E-state index in [1.807, 2.05) is 19.1 Å². The van der Waals surface area contributed by atoms with Crippen LogP contribution in [0.3, 0.4) is 0 Å². The fourth-order valence-electron chi connectivity index (χ4n) is 3.73. The van der Waals surface area contributed by atoms with E-state index in [0.29, 0.717) is 11.5 Å². The highest BCUT2D eigenvalue weighted by atomic mass is 16.1. The van der Waals surface area contributed by atoms with Crippen molar-refractivity contribution in [1.29, 1.82) is 0 Å². The third-order valence-electron chi connectivity index (χ3n) is 5.00. The molecule has 0 aliphatic carbocycles. The zero-order chi connectivity index (χ0) is 17.4. The van der Waals surface area contributed by atoms with Gasteiger partial charge in [0.25, 0.3) is 0 Å². The number of nitrogens with zero attached hydrogens (tertiary/aromatic N) is 2. The maximum absolute atomic E-state index is 11.6. The minimum absolute atomic E-state index is 0.406. The summed E-state index contributed by atoms with van der Waals surface area (Å²) in [5.74, 6) is 0.126. The minimum atomic E-state index is -0.406. The van der Waals surface area contributed by atoms with Crippen LogP contribution in [-0.2, 0) is 0 Å². The minimum Gasteiger partial charge on any atom is -0.370 e. The molecule has 1 aliphatic heterocycles. The molecule has 4 nitrogen and oxygen atoms in total. The normalized spacial score (nSPS) is 17.2. The van der Waals surface area contributed by atoms with E-state index in [1.54, 1.807) is 6.07 Å². The zero-order valence-corrected chi connectivity index (χ0v) is 14.3. The molecule has 126 valence electrons. The Balaban J connectivity index is 1.73. The summed E-state index contributed by atoms with van der Waals surface area (Å²) in [5.41, 5.74) is 10.4. The number of primary amides is 1. The molecule has 2 N–H and O–H groups in total. The van der Waals surface area contributed by atoms with Gasteiger partial charge in [-0.2, -0.15) is 0 Å². The van der Waals surface area contributed by atoms with Gasteiger partial charge in [0, 0.05) is 41.3 Å². The number of pyridine rings is 1. The van der Waals surface area contributed by atoms with Crippen LogP contribution in [-0.4, -0.2) is 24.0 Å². The lowest BCUT2D eigenvalue weighted by Crippen LogP contribution is -2.20. The summed E-state index contributed by atoms with van der Waals surface area (Å²) < 4.78 is 0. The zero-order valence-electron chi connectivity index (χ0n) is 14.3. The summed E-state index contributed by atoms with van der Waals surface area (Å²) in [6, 6.07) is 18.3. The van der Waals surface area contributed by atoms with Crippen molar-refractivity contribution in [2.24, 2.45) is 5.73 Å². The Morgan fingerprint density at radius 3 is 2.72 bits per heavy atom. The quantitative estimate of drug-likeness (QED) is 0.797. The number of benzene rings is 2. The van der Waals surface area contributed by atoms with E-state index in [9.17, 15) is 4.79 Å². The smallest absolute Gasteiger partial charge is 0.248 e. The molecule has 4 heteroatoms. The first-order chi connectivity index (χ1) is 12.1. The van der Waals surface area contributed by atoms with Gasteiger partial charge >= 0.3 is 0 Å². The monoisotopic (exact) mass is 331 g/mol. The molecule has 4 rings (SSSR count). The maximum Gasteiger partial charge on any atom is 0.248 e. The van der Waals surface area contributed by atoms with Crippen molar-refractivity contribution in [2.45, 2.75) is 19.3 Å². The number of hydrogen-bond donors (Lipinski definition) is 1. The van der Waals surface area contributed by atoms with Crippen LogP contribution in [0, 0.1) is 6.92 Å². The van der Waals surface area contributed by atoms with Gasteiger partial charge in [-0.15, -0.1) is 0 Å². The SMILES string of the molecule is Cc1cc(N2CCC(c3ccccc3)C2)c2cc(C(N)=O)ccc2n1. The molecule has 0 spiro atoms. The number of anilines is 1. The largest absolute Gasteiger partial charge is 0.370 e. The third kappa shape index (κ3) is 2.95. The highest BCUT2D eigenvalue weighted by Crippen LogP contribution is 2.35. The first kappa shape index (κ1) is 15.6. The molecule has 1 aromatic heterocycles. The van der Waals surface area contributed by atoms with Gasteiger partial charge in [0.15, 0.2) is 0 Å². The van der Waals surface area contributed by atoms with E-state index in [1.165, 1.54) is 5.56 Å². The van der Waals surface area contributed by atoms with Crippen molar-refractivity contribution in [3.8, 4) is 0 Å². The van der Waals surface area contributed by atoms with E-state index in [0.717, 1.165) is 41.8 Å². The standard InChI is InChI=1S/C21H21N3O/c1-14-11-20(18-12-16(21(22)25)7-8-19(18)23-14)24-10-9-17(13-24)15-5-3-2-4-6-15/h2-8,11-12,17H,9-10,13H2,1H3,(H2,22,25). The van der Waals surface area contributed by atoms with Gasteiger partial charge in [0.05, 0.1) is 5.52 Å². The number of hydrogen-bond acceptors (Lipinski definition) is 3. The fraction of sp³-hybridized carbons (Fsp3) is 0.238. The number of carbonyl (C=O) groups is 1. The number of aromatic nitrogens is 1. The lowest BCUT2D eigenvalue weighted by molar-refractivity contribution is 0.100. The first-order valence-electron chi connectivity index (χ1n) is 8.63. The molecule has 1 amide bonds. The Labute approximate surface area is 147 Å². The molecule has 1 fully saturated rings. The van der Waals surface area contributed by atoms with Gasteiger partial charge in [0.1, 0.15) is 0 Å². The molecule has 0 saturated carbocycles. The molecule has 1 atom stereocenters. The molecular formula is C21H21N3O. The Morgan fingerprint density at radius 1 is 1.16 bits per heavy atom. The summed E-state index contributed by atoms with van der Waals surface area (Å²) >= 11 is 0. The summed E-state index contributed by atoms with van der Waals surface area (Å²) in [5, 5.41) is 0.996. The van der Waals surface area contributed by atoms with Crippen molar-refractivity contribution in [3.05, 3.63) is 71.4 Å². The number of carbonyl (C=O) groups excluding carboxylic acids is 1. The van der Waals surface area contributed by atoms with Gasteiger partial charge in [-0.3, -0.25) is 9.78 Å². The highest BCUT2D eigenvalue weighted by Gasteiger charge is 2.25. The van der Waals surface area contributed by atoms with E-state index in [2.05, 4.69) is 46.3 Å². The molecule has 0 radical (unpaired) electrons. The van der Waals surface area contributed by atoms with Gasteiger partial charge < -0.3 is 10.6 Å². The summed E-state index contributed by atoms with van der Waals surface area (Å²) in [4.78, 5) is 18.6. The number of amides is 1. The number of rotatable bonds is 3. The van der Waals surface area contributed by atoms with E-state index < -0.39 is 5.91 Å². The lowest BCUT2D eigenvalue weighted by Gasteiger charge is -2.21. The second-order valence-electron chi connectivity index (χ2n) is 6.72. The maximum atomic E-state index is 11.6. The van der Waals surface area contributed by atoms with Crippen LogP contribution in [0.5, 0.6) is 0 Å². The van der Waals surface area contributed by atoms with Gasteiger partial charge in [-0.25, -0.2) is 0 Å². The van der Waals surface area contributed by atoms with Crippen molar-refractivity contribution >= 4 is 22.5 Å². The average Bonchev–Trinajstić information content (AvgIpc) is 3.11. The van der Waals surface area contributed by atoms with Crippen molar-refractivity contribution in [3.63, 3.8) is 0 Å². The lowest BCUT2D eigenvalue weighted by atomic mass is 9.99. The van der Waals surface area contributed by atoms with Gasteiger partial charge in [-0.05, 0) is 43.2 Å². The van der Waals surface area contributed by atoms with Crippen LogP contribution in [0.15, 0.2) is 54.6 Å². The van der Waals surface area contributed by atoms with Crippen molar-refractivity contribution in [1.82, 2.24) is 4.98 Å². The second-order valence-corrected chi connectivity index (χ2v) is 6.72. The molecule has 1 saturated heterocycles. The molecule has 2 heterocycles. The molecule has 0 bridgehead atoms. The molecule has 3 aromatic rings. The van der Waals surface area contributed by atoms with Crippen LogP contribution in [0.2, 0.25) is 0 Å². The number of aryl methyl sites for hydroxylation is 1. The fourth-order valence-corrected chi connectivity index (χ4v) is 3.73. The van der Waals surface area contributed by atoms with Crippen LogP contribution >= 0.6 is 0 Å². The van der Waals surface area contributed by atoms with Gasteiger partial charge in [-0.1, -0.05) is 30.3 Å². The van der Waals surface area contributed by atoms with Crippen LogP contribution in [0.1, 0.15) is 34.0 Å². The van der Waals surface area contributed by atoms with Crippen molar-refractivity contribution < 1.29 is 4.79 Å². The molecular weight excluding hydrogens is 310 g/mol. The predicted octanol–water partition coefficient (Wildman–Crippen LogP) is 3.64. The van der Waals surface area contributed by atoms with Crippen LogP contribution in [0.4, 0.5) is 5.69 Å². The molecule has 2 aromatic carbocycles. The molecule has 1 aliphatic rings. The highest BCUT2D eigenvalue weighted by molar-refractivity contribution is 6.00. The molecule has 1 unspecified atom stereocenters. The van der Waals surface area contributed by atoms with E-state index in [4.69, 9.17) is 5.73 Å². The number of fused-ring (bicyclic) bond motifs is 1. The summed E-state index contributed by atoms with van der Waals surface area (Å²) in [7, 11) is 0. The molecule has 25 heavy (non-hydrogen) atoms. The average molecular weight is 331 g/mol. The second kappa shape index (κ2) is 6.20.